The number of benzene rings is 4. The molecule has 0 saturated heterocycles. The summed E-state index contributed by atoms with van der Waals surface area (Å²) in [5.74, 6) is -0.406. The zero-order chi connectivity index (χ0) is 27.1. The van der Waals surface area contributed by atoms with Gasteiger partial charge in [0.15, 0.2) is 0 Å². The van der Waals surface area contributed by atoms with Gasteiger partial charge < -0.3 is 20.2 Å². The predicted octanol–water partition coefficient (Wildman–Crippen LogP) is 5.95. The predicted molar refractivity (Wildman–Crippen MR) is 158 cm³/mol. The number of hydrogen-bond donors (Lipinski definition) is 3. The molecule has 3 N–H and O–H groups in total. The van der Waals surface area contributed by atoms with Crippen LogP contribution >= 0.6 is 15.9 Å². The third-order valence-electron chi connectivity index (χ3n) is 6.58. The summed E-state index contributed by atoms with van der Waals surface area (Å²) in [5, 5.41) is 17.6. The molecule has 0 atom stereocenters. The number of nitrogens with zero attached hydrogens (tertiary/aromatic N) is 1. The smallest absolute Gasteiger partial charge is 0.269 e. The highest BCUT2D eigenvalue weighted by Crippen LogP contribution is 2.40. The maximum absolute atomic E-state index is 13.3. The van der Waals surface area contributed by atoms with Gasteiger partial charge in [0.1, 0.15) is 5.71 Å². The van der Waals surface area contributed by atoms with E-state index in [0.717, 1.165) is 37.6 Å². The van der Waals surface area contributed by atoms with E-state index in [9.17, 15) is 9.90 Å². The average molecular weight is 582 g/mol. The third-order valence-corrected chi connectivity index (χ3v) is 7.07. The fourth-order valence-electron chi connectivity index (χ4n) is 4.70. The quantitative estimate of drug-likeness (QED) is 0.108. The Morgan fingerprint density at radius 1 is 0.872 bits per heavy atom. The zero-order valence-electron chi connectivity index (χ0n) is 21.2. The first-order valence-electron chi connectivity index (χ1n) is 12.7. The minimum absolute atomic E-state index is 0.110. The molecule has 1 amide bonds. The highest BCUT2D eigenvalue weighted by Gasteiger charge is 2.40. The van der Waals surface area contributed by atoms with Crippen molar-refractivity contribution in [2.75, 3.05) is 13.2 Å². The van der Waals surface area contributed by atoms with Crippen molar-refractivity contribution >= 4 is 38.5 Å². The summed E-state index contributed by atoms with van der Waals surface area (Å²) in [6.45, 7) is -0.0691. The molecule has 0 spiro atoms. The van der Waals surface area contributed by atoms with E-state index in [4.69, 9.17) is 4.84 Å². The topological polar surface area (TPSA) is 86.7 Å². The van der Waals surface area contributed by atoms with Crippen molar-refractivity contribution < 1.29 is 14.7 Å². The molecule has 0 bridgehead atoms. The van der Waals surface area contributed by atoms with Gasteiger partial charge in [0, 0.05) is 51.2 Å². The van der Waals surface area contributed by atoms with E-state index < -0.39 is 11.5 Å². The number of aliphatic hydroxyl groups excluding tert-OH is 1. The molecule has 0 radical (unpaired) electrons. The molecule has 0 saturated carbocycles. The van der Waals surface area contributed by atoms with E-state index in [2.05, 4.69) is 31.4 Å². The average Bonchev–Trinajstić information content (AvgIpc) is 3.38. The summed E-state index contributed by atoms with van der Waals surface area (Å²) in [7, 11) is 0. The van der Waals surface area contributed by atoms with Gasteiger partial charge in [-0.3, -0.25) is 4.79 Å². The van der Waals surface area contributed by atoms with Crippen molar-refractivity contribution in [3.05, 3.63) is 142 Å². The summed E-state index contributed by atoms with van der Waals surface area (Å²) < 4.78 is 0.937. The Balaban J connectivity index is 1.65. The Kier molecular flexibility index (Phi) is 8.20. The molecule has 6 nitrogen and oxygen atoms in total. The van der Waals surface area contributed by atoms with Gasteiger partial charge in [-0.15, -0.1) is 0 Å². The van der Waals surface area contributed by atoms with Crippen LogP contribution in [0, 0.1) is 0 Å². The van der Waals surface area contributed by atoms with Crippen LogP contribution in [0.15, 0.2) is 125 Å². The number of oxime groups is 1. The lowest BCUT2D eigenvalue weighted by molar-refractivity contribution is -0.115. The van der Waals surface area contributed by atoms with Crippen molar-refractivity contribution in [1.82, 2.24) is 10.3 Å². The maximum Gasteiger partial charge on any atom is 0.269 e. The van der Waals surface area contributed by atoms with Gasteiger partial charge in [-0.1, -0.05) is 112 Å². The molecule has 0 unspecified atom stereocenters. The number of nitrogens with one attached hydrogen (secondary N) is 2. The molecule has 0 fully saturated rings. The lowest BCUT2D eigenvalue weighted by Gasteiger charge is -2.33. The number of rotatable bonds is 10. The highest BCUT2D eigenvalue weighted by molar-refractivity contribution is 9.10. The molecular weight excluding hydrogens is 554 g/mol. The second-order valence-corrected chi connectivity index (χ2v) is 9.98. The highest BCUT2D eigenvalue weighted by atomic mass is 79.9. The first-order chi connectivity index (χ1) is 19.1. The summed E-state index contributed by atoms with van der Waals surface area (Å²) in [6, 6.07) is 35.6. The van der Waals surface area contributed by atoms with Crippen LogP contribution in [0.2, 0.25) is 0 Å². The Morgan fingerprint density at radius 2 is 1.44 bits per heavy atom. The number of carbonyl (C=O) groups excluding carboxylic acids is 1. The molecule has 5 rings (SSSR count). The maximum atomic E-state index is 13.3. The summed E-state index contributed by atoms with van der Waals surface area (Å²) in [4.78, 5) is 23.2. The van der Waals surface area contributed by atoms with Crippen molar-refractivity contribution in [3.8, 4) is 0 Å². The fourth-order valence-corrected chi connectivity index (χ4v) is 5.06. The third kappa shape index (κ3) is 5.65. The van der Waals surface area contributed by atoms with Crippen LogP contribution < -0.4 is 5.32 Å². The number of aromatic nitrogens is 1. The molecule has 1 aromatic heterocycles. The molecule has 196 valence electrons. The first-order valence-corrected chi connectivity index (χ1v) is 13.5. The first kappa shape index (κ1) is 26.4. The van der Waals surface area contributed by atoms with E-state index in [0.29, 0.717) is 0 Å². The van der Waals surface area contributed by atoms with Crippen molar-refractivity contribution in [1.29, 1.82) is 0 Å². The minimum atomic E-state index is -1.12. The minimum Gasteiger partial charge on any atom is -0.395 e. The van der Waals surface area contributed by atoms with E-state index in [1.165, 1.54) is 0 Å². The molecule has 0 aliphatic rings. The lowest BCUT2D eigenvalue weighted by atomic mass is 9.80. The van der Waals surface area contributed by atoms with Crippen LogP contribution in [0.1, 0.15) is 22.3 Å². The van der Waals surface area contributed by atoms with Gasteiger partial charge in [0.25, 0.3) is 5.91 Å². The van der Waals surface area contributed by atoms with Crippen molar-refractivity contribution in [2.45, 2.75) is 12.0 Å². The number of carbonyl (C=O) groups is 1. The SMILES string of the molecule is O=C(NCCO)/C(Cc1c[nH]c2ccc(Br)cc12)=N/OC(c1ccccc1)(c1ccccc1)c1ccccc1. The normalized spacial score (nSPS) is 11.9. The van der Waals surface area contributed by atoms with Crippen molar-refractivity contribution in [3.63, 3.8) is 0 Å². The number of fused-ring (bicyclic) bond motifs is 1. The summed E-state index contributed by atoms with van der Waals surface area (Å²) in [5.41, 5.74) is 3.55. The lowest BCUT2D eigenvalue weighted by Crippen LogP contribution is -2.36. The van der Waals surface area contributed by atoms with Crippen LogP contribution in [-0.2, 0) is 21.7 Å². The molecule has 7 heteroatoms. The number of amides is 1. The monoisotopic (exact) mass is 581 g/mol. The molecular formula is C32H28BrN3O3. The molecule has 5 aromatic rings. The van der Waals surface area contributed by atoms with Crippen molar-refractivity contribution in [2.24, 2.45) is 5.16 Å². The van der Waals surface area contributed by atoms with Gasteiger partial charge in [0.05, 0.1) is 6.61 Å². The number of halogens is 1. The second-order valence-electron chi connectivity index (χ2n) is 9.07. The van der Waals surface area contributed by atoms with E-state index in [-0.39, 0.29) is 25.3 Å². The van der Waals surface area contributed by atoms with Crippen LogP contribution in [0.4, 0.5) is 0 Å². The fraction of sp³-hybridized carbons (Fsp3) is 0.125. The number of hydrogen-bond acceptors (Lipinski definition) is 4. The molecule has 0 aliphatic heterocycles. The largest absolute Gasteiger partial charge is 0.395 e. The standard InChI is InChI=1S/C32H28BrN3O3/c33-27-16-17-29-28(21-27)23(22-35-29)20-30(31(38)34-18-19-37)36-39-32(24-10-4-1-5-11-24,25-12-6-2-7-13-25)26-14-8-3-9-15-26/h1-17,21-22,35,37H,18-20H2,(H,34,38)/b36-30+. The summed E-state index contributed by atoms with van der Waals surface area (Å²) in [6.07, 6.45) is 2.10. The van der Waals surface area contributed by atoms with E-state index in [1.807, 2.05) is 115 Å². The van der Waals surface area contributed by atoms with Crippen LogP contribution in [0.25, 0.3) is 10.9 Å². The Morgan fingerprint density at radius 3 is 1.97 bits per heavy atom. The van der Waals surface area contributed by atoms with Gasteiger partial charge >= 0.3 is 0 Å². The zero-order valence-corrected chi connectivity index (χ0v) is 22.8. The van der Waals surface area contributed by atoms with Gasteiger partial charge in [0.2, 0.25) is 5.60 Å². The van der Waals surface area contributed by atoms with Crippen LogP contribution in [-0.4, -0.2) is 34.9 Å². The second kappa shape index (κ2) is 12.1. The van der Waals surface area contributed by atoms with E-state index in [1.54, 1.807) is 0 Å². The number of aliphatic hydroxyl groups is 1. The van der Waals surface area contributed by atoms with Gasteiger partial charge in [-0.25, -0.2) is 0 Å². The molecule has 39 heavy (non-hydrogen) atoms. The summed E-state index contributed by atoms with van der Waals surface area (Å²) >= 11 is 3.54. The molecule has 4 aromatic carbocycles. The number of aromatic amines is 1. The number of H-pyrrole nitrogens is 1. The van der Waals surface area contributed by atoms with E-state index >= 15 is 0 Å². The van der Waals surface area contributed by atoms with Crippen LogP contribution in [0.5, 0.6) is 0 Å². The van der Waals surface area contributed by atoms with Gasteiger partial charge in [-0.05, 0) is 23.8 Å². The Bertz CT molecular complexity index is 1470. The molecule has 1 heterocycles. The van der Waals surface area contributed by atoms with Crippen LogP contribution in [0.3, 0.4) is 0 Å². The van der Waals surface area contributed by atoms with Gasteiger partial charge in [-0.2, -0.15) is 0 Å². The molecule has 0 aliphatic carbocycles. The Hall–Kier alpha value is -4.20. The Labute approximate surface area is 235 Å².